The van der Waals surface area contributed by atoms with Crippen LogP contribution in [0.2, 0.25) is 0 Å². The molecule has 0 heterocycles. The van der Waals surface area contributed by atoms with Crippen LogP contribution in [0.15, 0.2) is 30.3 Å². The van der Waals surface area contributed by atoms with E-state index in [0.717, 1.165) is 19.3 Å². The minimum absolute atomic E-state index is 0.221. The Bertz CT molecular complexity index is 284. The van der Waals surface area contributed by atoms with Gasteiger partial charge in [-0.15, -0.1) is 6.42 Å². The Morgan fingerprint density at radius 2 is 2.07 bits per heavy atom. The van der Waals surface area contributed by atoms with Crippen LogP contribution < -0.4 is 5.32 Å². The zero-order valence-electron chi connectivity index (χ0n) is 8.66. The largest absolute Gasteiger partial charge is 0.307 e. The topological polar surface area (TPSA) is 12.0 Å². The number of hydrogen-bond donors (Lipinski definition) is 1. The van der Waals surface area contributed by atoms with Crippen molar-refractivity contribution < 1.29 is 0 Å². The third kappa shape index (κ3) is 3.64. The van der Waals surface area contributed by atoms with Gasteiger partial charge in [0, 0.05) is 0 Å². The van der Waals surface area contributed by atoms with Crippen LogP contribution in [0.5, 0.6) is 0 Å². The molecule has 1 atom stereocenters. The average Bonchev–Trinajstić information content (AvgIpc) is 2.26. The highest BCUT2D eigenvalue weighted by atomic mass is 14.8. The van der Waals surface area contributed by atoms with Crippen molar-refractivity contribution in [3.05, 3.63) is 35.9 Å². The Hall–Kier alpha value is -1.26. The van der Waals surface area contributed by atoms with Crippen molar-refractivity contribution in [1.82, 2.24) is 5.32 Å². The highest BCUT2D eigenvalue weighted by Gasteiger charge is 2.00. The van der Waals surface area contributed by atoms with Crippen LogP contribution in [0.4, 0.5) is 0 Å². The molecule has 0 aliphatic heterocycles. The first-order valence-corrected chi connectivity index (χ1v) is 5.04. The molecule has 14 heavy (non-hydrogen) atoms. The molecule has 1 nitrogen and oxygen atoms in total. The maximum atomic E-state index is 5.35. The lowest BCUT2D eigenvalue weighted by Crippen LogP contribution is -2.22. The van der Waals surface area contributed by atoms with Gasteiger partial charge >= 0.3 is 0 Å². The molecule has 1 heteroatoms. The summed E-state index contributed by atoms with van der Waals surface area (Å²) < 4.78 is 0. The van der Waals surface area contributed by atoms with Gasteiger partial charge in [0.2, 0.25) is 0 Å². The van der Waals surface area contributed by atoms with Crippen molar-refractivity contribution in [3.8, 4) is 12.3 Å². The normalized spacial score (nSPS) is 12.0. The van der Waals surface area contributed by atoms with Crippen molar-refractivity contribution >= 4 is 0 Å². The third-order valence-corrected chi connectivity index (χ3v) is 2.35. The molecule has 1 N–H and O–H groups in total. The molecule has 0 fully saturated rings. The highest BCUT2D eigenvalue weighted by Crippen LogP contribution is 2.05. The number of nitrogens with one attached hydrogen (secondary N) is 1. The van der Waals surface area contributed by atoms with Crippen LogP contribution in [-0.4, -0.2) is 13.1 Å². The summed E-state index contributed by atoms with van der Waals surface area (Å²) in [5.41, 5.74) is 1.39. The monoisotopic (exact) mass is 187 g/mol. The van der Waals surface area contributed by atoms with E-state index in [0.29, 0.717) is 0 Å². The molecule has 0 spiro atoms. The fourth-order valence-corrected chi connectivity index (χ4v) is 1.47. The number of hydrogen-bond acceptors (Lipinski definition) is 1. The fraction of sp³-hybridized carbons (Fsp3) is 0.385. The molecule has 1 rings (SSSR count). The SMILES string of the molecule is C#CC(CCCc1ccccc1)NC. The molecule has 0 aliphatic rings. The van der Waals surface area contributed by atoms with Crippen molar-refractivity contribution in [2.75, 3.05) is 7.05 Å². The first kappa shape index (κ1) is 10.8. The lowest BCUT2D eigenvalue weighted by molar-refractivity contribution is 0.599. The van der Waals surface area contributed by atoms with Crippen molar-refractivity contribution in [2.45, 2.75) is 25.3 Å². The van der Waals surface area contributed by atoms with Gasteiger partial charge in [0.05, 0.1) is 6.04 Å². The zero-order valence-corrected chi connectivity index (χ0v) is 8.66. The van der Waals surface area contributed by atoms with E-state index in [2.05, 4.69) is 35.5 Å². The summed E-state index contributed by atoms with van der Waals surface area (Å²) in [6.45, 7) is 0. The van der Waals surface area contributed by atoms with Crippen LogP contribution in [0.3, 0.4) is 0 Å². The van der Waals surface area contributed by atoms with Crippen LogP contribution in [0, 0.1) is 12.3 Å². The summed E-state index contributed by atoms with van der Waals surface area (Å²) in [7, 11) is 1.91. The lowest BCUT2D eigenvalue weighted by Gasteiger charge is -2.08. The molecule has 0 aromatic heterocycles. The second kappa shape index (κ2) is 6.23. The van der Waals surface area contributed by atoms with Crippen molar-refractivity contribution in [3.63, 3.8) is 0 Å². The van der Waals surface area contributed by atoms with Crippen LogP contribution in [0.1, 0.15) is 18.4 Å². The second-order valence-electron chi connectivity index (χ2n) is 3.39. The predicted octanol–water partition coefficient (Wildman–Crippen LogP) is 2.23. The summed E-state index contributed by atoms with van der Waals surface area (Å²) in [6.07, 6.45) is 8.64. The lowest BCUT2D eigenvalue weighted by atomic mass is 10.1. The Kier molecular flexibility index (Phi) is 4.82. The van der Waals surface area contributed by atoms with E-state index in [4.69, 9.17) is 6.42 Å². The first-order chi connectivity index (χ1) is 6.86. The predicted molar refractivity (Wildman–Crippen MR) is 61.1 cm³/mol. The molecule has 0 radical (unpaired) electrons. The van der Waals surface area contributed by atoms with Gasteiger partial charge in [-0.1, -0.05) is 36.3 Å². The van der Waals surface area contributed by atoms with E-state index in [1.165, 1.54) is 5.56 Å². The summed E-state index contributed by atoms with van der Waals surface area (Å²) in [5.74, 6) is 2.73. The van der Waals surface area contributed by atoms with Gasteiger partial charge in [0.25, 0.3) is 0 Å². The van der Waals surface area contributed by atoms with Crippen LogP contribution >= 0.6 is 0 Å². The Balaban J connectivity index is 2.26. The van der Waals surface area contributed by atoms with Gasteiger partial charge in [-0.05, 0) is 31.9 Å². The van der Waals surface area contributed by atoms with Gasteiger partial charge in [0.1, 0.15) is 0 Å². The molecule has 1 unspecified atom stereocenters. The standard InChI is InChI=1S/C13H17N/c1-3-13(14-2)11-7-10-12-8-5-4-6-9-12/h1,4-6,8-9,13-14H,7,10-11H2,2H3. The molecular weight excluding hydrogens is 170 g/mol. The number of benzene rings is 1. The zero-order chi connectivity index (χ0) is 10.2. The van der Waals surface area contributed by atoms with Gasteiger partial charge in [0.15, 0.2) is 0 Å². The van der Waals surface area contributed by atoms with Gasteiger partial charge < -0.3 is 5.32 Å². The Morgan fingerprint density at radius 1 is 1.36 bits per heavy atom. The van der Waals surface area contributed by atoms with E-state index >= 15 is 0 Å². The van der Waals surface area contributed by atoms with E-state index in [1.54, 1.807) is 0 Å². The maximum absolute atomic E-state index is 5.35. The number of aryl methyl sites for hydroxylation is 1. The van der Waals surface area contributed by atoms with Crippen LogP contribution in [-0.2, 0) is 6.42 Å². The van der Waals surface area contributed by atoms with Crippen LogP contribution in [0.25, 0.3) is 0 Å². The summed E-state index contributed by atoms with van der Waals surface area (Å²) in [5, 5.41) is 3.10. The molecule has 1 aromatic rings. The van der Waals surface area contributed by atoms with Gasteiger partial charge in [-0.2, -0.15) is 0 Å². The molecule has 0 aliphatic carbocycles. The minimum Gasteiger partial charge on any atom is -0.307 e. The van der Waals surface area contributed by atoms with Gasteiger partial charge in [-0.3, -0.25) is 0 Å². The Labute approximate surface area is 86.5 Å². The fourth-order valence-electron chi connectivity index (χ4n) is 1.47. The quantitative estimate of drug-likeness (QED) is 0.697. The second-order valence-corrected chi connectivity index (χ2v) is 3.39. The molecule has 0 amide bonds. The molecule has 1 aromatic carbocycles. The molecule has 0 bridgehead atoms. The third-order valence-electron chi connectivity index (χ3n) is 2.35. The van der Waals surface area contributed by atoms with Crippen molar-refractivity contribution in [2.24, 2.45) is 0 Å². The Morgan fingerprint density at radius 3 is 2.64 bits per heavy atom. The number of rotatable bonds is 5. The molecule has 0 saturated heterocycles. The summed E-state index contributed by atoms with van der Waals surface area (Å²) >= 11 is 0. The molecular formula is C13H17N. The summed E-state index contributed by atoms with van der Waals surface area (Å²) in [4.78, 5) is 0. The van der Waals surface area contributed by atoms with Crippen molar-refractivity contribution in [1.29, 1.82) is 0 Å². The first-order valence-electron chi connectivity index (χ1n) is 5.04. The highest BCUT2D eigenvalue weighted by molar-refractivity contribution is 5.14. The molecule has 74 valence electrons. The summed E-state index contributed by atoms with van der Waals surface area (Å²) in [6, 6.07) is 10.7. The van der Waals surface area contributed by atoms with E-state index in [-0.39, 0.29) is 6.04 Å². The number of terminal acetylenes is 1. The van der Waals surface area contributed by atoms with E-state index in [1.807, 2.05) is 13.1 Å². The molecule has 0 saturated carbocycles. The maximum Gasteiger partial charge on any atom is 0.0684 e. The average molecular weight is 187 g/mol. The minimum atomic E-state index is 0.221. The van der Waals surface area contributed by atoms with E-state index in [9.17, 15) is 0 Å². The smallest absolute Gasteiger partial charge is 0.0684 e. The van der Waals surface area contributed by atoms with Gasteiger partial charge in [-0.25, -0.2) is 0 Å². The van der Waals surface area contributed by atoms with E-state index < -0.39 is 0 Å².